The molecule has 0 aromatic rings. The Hall–Kier alpha value is -0.790. The first-order chi connectivity index (χ1) is 6.15. The largest absolute Gasteiger partial charge is 0.501 e. The van der Waals surface area contributed by atoms with Gasteiger partial charge in [0.1, 0.15) is 0 Å². The second kappa shape index (κ2) is 4.45. The fraction of sp³-hybridized carbons (Fsp3) is 0.727. The molecule has 1 rings (SSSR count). The van der Waals surface area contributed by atoms with Gasteiger partial charge in [0, 0.05) is 12.0 Å². The summed E-state index contributed by atoms with van der Waals surface area (Å²) in [5.41, 5.74) is 0.875. The van der Waals surface area contributed by atoms with Crippen molar-refractivity contribution >= 4 is 5.78 Å². The molecule has 0 radical (unpaired) electrons. The summed E-state index contributed by atoms with van der Waals surface area (Å²) in [5.74, 6) is 1.16. The van der Waals surface area contributed by atoms with Gasteiger partial charge in [-0.15, -0.1) is 0 Å². The lowest BCUT2D eigenvalue weighted by Crippen LogP contribution is -2.22. The van der Waals surface area contributed by atoms with Crippen molar-refractivity contribution in [1.29, 1.82) is 0 Å². The minimum atomic E-state index is 0.264. The van der Waals surface area contributed by atoms with E-state index in [0.29, 0.717) is 24.9 Å². The van der Waals surface area contributed by atoms with Gasteiger partial charge in [-0.2, -0.15) is 0 Å². The molecular weight excluding hydrogens is 164 g/mol. The number of Topliss-reactive ketones (excluding diaryl/α,β-unsaturated/α-hetero) is 1. The molecule has 1 aliphatic carbocycles. The SMILES string of the molecule is CCO/C=C1\C(=O)CC(C)CC1C. The zero-order chi connectivity index (χ0) is 9.84. The number of carbonyl (C=O) groups excluding carboxylic acids is 1. The van der Waals surface area contributed by atoms with Crippen molar-refractivity contribution < 1.29 is 9.53 Å². The van der Waals surface area contributed by atoms with Crippen LogP contribution in [-0.2, 0) is 9.53 Å². The lowest BCUT2D eigenvalue weighted by Gasteiger charge is -2.25. The van der Waals surface area contributed by atoms with Gasteiger partial charge in [-0.05, 0) is 25.2 Å². The Morgan fingerprint density at radius 2 is 2.23 bits per heavy atom. The van der Waals surface area contributed by atoms with E-state index < -0.39 is 0 Å². The van der Waals surface area contributed by atoms with E-state index in [1.165, 1.54) is 0 Å². The molecule has 0 aromatic carbocycles. The molecule has 2 atom stereocenters. The maximum absolute atomic E-state index is 11.6. The number of ketones is 1. The molecule has 2 unspecified atom stereocenters. The van der Waals surface area contributed by atoms with E-state index in [1.54, 1.807) is 6.26 Å². The third-order valence-corrected chi connectivity index (χ3v) is 2.52. The highest BCUT2D eigenvalue weighted by molar-refractivity contribution is 5.96. The molecule has 0 amide bonds. The van der Waals surface area contributed by atoms with Crippen LogP contribution in [0.4, 0.5) is 0 Å². The number of allylic oxidation sites excluding steroid dienone is 1. The Morgan fingerprint density at radius 1 is 1.54 bits per heavy atom. The minimum absolute atomic E-state index is 0.264. The Bertz CT molecular complexity index is 218. The molecule has 0 N–H and O–H groups in total. The minimum Gasteiger partial charge on any atom is -0.501 e. The van der Waals surface area contributed by atoms with Crippen LogP contribution in [0.3, 0.4) is 0 Å². The van der Waals surface area contributed by atoms with Gasteiger partial charge in [0.2, 0.25) is 0 Å². The summed E-state index contributed by atoms with van der Waals surface area (Å²) in [5, 5.41) is 0. The highest BCUT2D eigenvalue weighted by Gasteiger charge is 2.26. The molecule has 0 saturated heterocycles. The zero-order valence-corrected chi connectivity index (χ0v) is 8.67. The normalized spacial score (nSPS) is 32.2. The van der Waals surface area contributed by atoms with Crippen molar-refractivity contribution in [2.24, 2.45) is 11.8 Å². The summed E-state index contributed by atoms with van der Waals surface area (Å²) in [6.07, 6.45) is 3.44. The Kier molecular flexibility index (Phi) is 3.52. The first kappa shape index (κ1) is 10.3. The molecule has 0 bridgehead atoms. The van der Waals surface area contributed by atoms with Crippen LogP contribution in [0.15, 0.2) is 11.8 Å². The lowest BCUT2D eigenvalue weighted by atomic mass is 9.79. The van der Waals surface area contributed by atoms with Crippen LogP contribution in [0.1, 0.15) is 33.6 Å². The topological polar surface area (TPSA) is 26.3 Å². The van der Waals surface area contributed by atoms with Crippen LogP contribution < -0.4 is 0 Å². The fourth-order valence-corrected chi connectivity index (χ4v) is 1.88. The third kappa shape index (κ3) is 2.58. The summed E-state index contributed by atoms with van der Waals surface area (Å²) in [6.45, 7) is 6.79. The maximum Gasteiger partial charge on any atom is 0.162 e. The van der Waals surface area contributed by atoms with Crippen LogP contribution in [0, 0.1) is 11.8 Å². The van der Waals surface area contributed by atoms with Gasteiger partial charge >= 0.3 is 0 Å². The van der Waals surface area contributed by atoms with E-state index in [0.717, 1.165) is 12.0 Å². The summed E-state index contributed by atoms with van der Waals surface area (Å²) in [7, 11) is 0. The van der Waals surface area contributed by atoms with Crippen molar-refractivity contribution in [2.45, 2.75) is 33.6 Å². The van der Waals surface area contributed by atoms with Crippen LogP contribution >= 0.6 is 0 Å². The molecular formula is C11H18O2. The molecule has 13 heavy (non-hydrogen) atoms. The molecule has 1 aliphatic rings. The van der Waals surface area contributed by atoms with Crippen LogP contribution in [0.2, 0.25) is 0 Å². The van der Waals surface area contributed by atoms with Crippen molar-refractivity contribution in [3.8, 4) is 0 Å². The number of hydrogen-bond acceptors (Lipinski definition) is 2. The van der Waals surface area contributed by atoms with E-state index in [2.05, 4.69) is 13.8 Å². The molecule has 2 nitrogen and oxygen atoms in total. The second-order valence-electron chi connectivity index (χ2n) is 3.90. The molecule has 0 spiro atoms. The van der Waals surface area contributed by atoms with Crippen molar-refractivity contribution in [3.63, 3.8) is 0 Å². The van der Waals surface area contributed by atoms with E-state index in [4.69, 9.17) is 4.74 Å². The summed E-state index contributed by atoms with van der Waals surface area (Å²) < 4.78 is 5.17. The van der Waals surface area contributed by atoms with Gasteiger partial charge in [0.25, 0.3) is 0 Å². The van der Waals surface area contributed by atoms with Crippen LogP contribution in [0.5, 0.6) is 0 Å². The monoisotopic (exact) mass is 182 g/mol. The van der Waals surface area contributed by atoms with Gasteiger partial charge < -0.3 is 4.74 Å². The van der Waals surface area contributed by atoms with E-state index in [1.807, 2.05) is 6.92 Å². The molecule has 1 fully saturated rings. The van der Waals surface area contributed by atoms with Gasteiger partial charge in [0.05, 0.1) is 12.9 Å². The van der Waals surface area contributed by atoms with Gasteiger partial charge in [-0.25, -0.2) is 0 Å². The molecule has 74 valence electrons. The first-order valence-corrected chi connectivity index (χ1v) is 5.00. The van der Waals surface area contributed by atoms with E-state index >= 15 is 0 Å². The van der Waals surface area contributed by atoms with Gasteiger partial charge in [0.15, 0.2) is 5.78 Å². The maximum atomic E-state index is 11.6. The van der Waals surface area contributed by atoms with Gasteiger partial charge in [-0.1, -0.05) is 13.8 Å². The summed E-state index contributed by atoms with van der Waals surface area (Å²) >= 11 is 0. The predicted octanol–water partition coefficient (Wildman–Crippen LogP) is 2.54. The van der Waals surface area contributed by atoms with Crippen LogP contribution in [-0.4, -0.2) is 12.4 Å². The highest BCUT2D eigenvalue weighted by atomic mass is 16.5. The second-order valence-corrected chi connectivity index (χ2v) is 3.90. The highest BCUT2D eigenvalue weighted by Crippen LogP contribution is 2.30. The number of hydrogen-bond donors (Lipinski definition) is 0. The first-order valence-electron chi connectivity index (χ1n) is 5.00. The zero-order valence-electron chi connectivity index (χ0n) is 8.67. The van der Waals surface area contributed by atoms with Crippen LogP contribution in [0.25, 0.3) is 0 Å². The smallest absolute Gasteiger partial charge is 0.162 e. The van der Waals surface area contributed by atoms with E-state index in [-0.39, 0.29) is 5.78 Å². The van der Waals surface area contributed by atoms with E-state index in [9.17, 15) is 4.79 Å². The van der Waals surface area contributed by atoms with Gasteiger partial charge in [-0.3, -0.25) is 4.79 Å². The fourth-order valence-electron chi connectivity index (χ4n) is 1.88. The molecule has 0 aliphatic heterocycles. The standard InChI is InChI=1S/C11H18O2/c1-4-13-7-10-9(3)5-8(2)6-11(10)12/h7-9H,4-6H2,1-3H3/b10-7-. The average Bonchev–Trinajstić information content (AvgIpc) is 2.02. The third-order valence-electron chi connectivity index (χ3n) is 2.52. The predicted molar refractivity (Wildman–Crippen MR) is 52.3 cm³/mol. The average molecular weight is 182 g/mol. The van der Waals surface area contributed by atoms with Crippen molar-refractivity contribution in [1.82, 2.24) is 0 Å². The molecule has 0 heterocycles. The quantitative estimate of drug-likeness (QED) is 0.484. The molecule has 2 heteroatoms. The number of ether oxygens (including phenoxy) is 1. The van der Waals surface area contributed by atoms with Crippen molar-refractivity contribution in [2.75, 3.05) is 6.61 Å². The Morgan fingerprint density at radius 3 is 2.77 bits per heavy atom. The molecule has 1 saturated carbocycles. The van der Waals surface area contributed by atoms with Crippen molar-refractivity contribution in [3.05, 3.63) is 11.8 Å². The number of rotatable bonds is 2. The number of carbonyl (C=O) groups is 1. The summed E-state index contributed by atoms with van der Waals surface area (Å²) in [4.78, 5) is 11.6. The Balaban J connectivity index is 2.67. The Labute approximate surface area is 80.0 Å². The summed E-state index contributed by atoms with van der Waals surface area (Å²) in [6, 6.07) is 0. The lowest BCUT2D eigenvalue weighted by molar-refractivity contribution is -0.118. The molecule has 0 aromatic heterocycles.